The lowest BCUT2D eigenvalue weighted by molar-refractivity contribution is -0.125. The molecule has 0 atom stereocenters. The summed E-state index contributed by atoms with van der Waals surface area (Å²) in [5, 5.41) is 6.11. The Balaban J connectivity index is 1.01. The van der Waals surface area contributed by atoms with Crippen molar-refractivity contribution >= 4 is 23.2 Å². The van der Waals surface area contributed by atoms with Crippen LogP contribution in [0, 0.1) is 11.8 Å². The van der Waals surface area contributed by atoms with Gasteiger partial charge in [-0.15, -0.1) is 0 Å². The molecule has 6 heteroatoms. The van der Waals surface area contributed by atoms with E-state index in [1.165, 1.54) is 11.1 Å². The van der Waals surface area contributed by atoms with Crippen LogP contribution in [0.1, 0.15) is 49.7 Å². The third-order valence-corrected chi connectivity index (χ3v) is 8.11. The summed E-state index contributed by atoms with van der Waals surface area (Å²) in [7, 11) is 0. The number of aryl methyl sites for hydroxylation is 2. The van der Waals surface area contributed by atoms with Crippen molar-refractivity contribution in [3.63, 3.8) is 0 Å². The van der Waals surface area contributed by atoms with Crippen LogP contribution in [0.4, 0.5) is 11.4 Å². The molecule has 228 valence electrons. The van der Waals surface area contributed by atoms with Gasteiger partial charge in [-0.3, -0.25) is 9.59 Å². The minimum atomic E-state index is -0.109. The lowest BCUT2D eigenvalue weighted by Crippen LogP contribution is -2.32. The SMILES string of the molecule is O=C(Nc1cccc(OCCCc2ccccc2)c1)C1CCC(C(=O)Nc2cccc(OCCCc3ccccc3)c2)CC1. The fourth-order valence-electron chi connectivity index (χ4n) is 5.66. The van der Waals surface area contributed by atoms with Crippen molar-refractivity contribution in [2.45, 2.75) is 51.4 Å². The van der Waals surface area contributed by atoms with Crippen molar-refractivity contribution in [1.82, 2.24) is 0 Å². The zero-order valence-electron chi connectivity index (χ0n) is 25.3. The maximum Gasteiger partial charge on any atom is 0.227 e. The first-order valence-electron chi connectivity index (χ1n) is 15.8. The average molecular weight is 591 g/mol. The number of amides is 2. The van der Waals surface area contributed by atoms with Crippen molar-refractivity contribution < 1.29 is 19.1 Å². The third kappa shape index (κ3) is 9.73. The molecule has 1 aliphatic rings. The highest BCUT2D eigenvalue weighted by Crippen LogP contribution is 2.31. The molecule has 4 aromatic rings. The second kappa shape index (κ2) is 16.3. The zero-order valence-corrected chi connectivity index (χ0v) is 25.3. The van der Waals surface area contributed by atoms with E-state index < -0.39 is 0 Å². The van der Waals surface area contributed by atoms with Gasteiger partial charge in [0.15, 0.2) is 0 Å². The summed E-state index contributed by atoms with van der Waals surface area (Å²) in [5.41, 5.74) is 4.07. The Hall–Kier alpha value is -4.58. The third-order valence-electron chi connectivity index (χ3n) is 8.11. The number of hydrogen-bond donors (Lipinski definition) is 2. The van der Waals surface area contributed by atoms with E-state index in [-0.39, 0.29) is 23.7 Å². The molecule has 1 fully saturated rings. The van der Waals surface area contributed by atoms with E-state index in [2.05, 4.69) is 59.2 Å². The Labute approximate surface area is 260 Å². The van der Waals surface area contributed by atoms with Gasteiger partial charge in [-0.25, -0.2) is 0 Å². The first-order valence-corrected chi connectivity index (χ1v) is 15.8. The molecule has 0 aromatic heterocycles. The molecule has 44 heavy (non-hydrogen) atoms. The van der Waals surface area contributed by atoms with E-state index in [0.717, 1.165) is 48.6 Å². The number of ether oxygens (including phenoxy) is 2. The van der Waals surface area contributed by atoms with Gasteiger partial charge in [0, 0.05) is 35.3 Å². The van der Waals surface area contributed by atoms with Crippen molar-refractivity contribution in [3.05, 3.63) is 120 Å². The first kappa shape index (κ1) is 30.9. The molecule has 2 N–H and O–H groups in total. The van der Waals surface area contributed by atoms with Gasteiger partial charge in [0.25, 0.3) is 0 Å². The standard InChI is InChI=1S/C38H42N2O4/c41-37(39-33-17-7-19-35(27-33)43-25-9-15-29-11-3-1-4-12-29)31-21-23-32(24-22-31)38(42)40-34-18-8-20-36(28-34)44-26-10-16-30-13-5-2-6-14-30/h1-8,11-14,17-20,27-28,31-32H,9-10,15-16,21-26H2,(H,39,41)(H,40,42). The zero-order chi connectivity index (χ0) is 30.4. The molecule has 5 rings (SSSR count). The summed E-state index contributed by atoms with van der Waals surface area (Å²) >= 11 is 0. The number of nitrogens with one attached hydrogen (secondary N) is 2. The number of benzene rings is 4. The molecule has 0 aliphatic heterocycles. The Kier molecular flexibility index (Phi) is 11.4. The molecular weight excluding hydrogens is 548 g/mol. The Morgan fingerprint density at radius 1 is 0.545 bits per heavy atom. The van der Waals surface area contributed by atoms with Crippen molar-refractivity contribution in [2.75, 3.05) is 23.8 Å². The van der Waals surface area contributed by atoms with E-state index in [4.69, 9.17) is 9.47 Å². The van der Waals surface area contributed by atoms with Crippen molar-refractivity contribution in [1.29, 1.82) is 0 Å². The highest BCUT2D eigenvalue weighted by Gasteiger charge is 2.30. The smallest absolute Gasteiger partial charge is 0.227 e. The molecular formula is C38H42N2O4. The van der Waals surface area contributed by atoms with Crippen LogP contribution in [0.15, 0.2) is 109 Å². The second-order valence-corrected chi connectivity index (χ2v) is 11.5. The summed E-state index contributed by atoms with van der Waals surface area (Å²) in [6, 6.07) is 35.9. The molecule has 6 nitrogen and oxygen atoms in total. The molecule has 0 unspecified atom stereocenters. The van der Waals surface area contributed by atoms with Gasteiger partial charge in [0.2, 0.25) is 11.8 Å². The first-order chi connectivity index (χ1) is 21.6. The number of anilines is 2. The van der Waals surface area contributed by atoms with Crippen LogP contribution in [0.25, 0.3) is 0 Å². The summed E-state index contributed by atoms with van der Waals surface area (Å²) in [6.45, 7) is 1.23. The van der Waals surface area contributed by atoms with Gasteiger partial charge in [-0.2, -0.15) is 0 Å². The molecule has 0 heterocycles. The monoisotopic (exact) mass is 590 g/mol. The van der Waals surface area contributed by atoms with Gasteiger partial charge in [0.05, 0.1) is 13.2 Å². The normalized spacial score (nSPS) is 16.1. The fourth-order valence-corrected chi connectivity index (χ4v) is 5.66. The maximum atomic E-state index is 13.0. The minimum absolute atomic E-state index is 0.00204. The lowest BCUT2D eigenvalue weighted by atomic mass is 9.81. The Morgan fingerprint density at radius 3 is 1.36 bits per heavy atom. The second-order valence-electron chi connectivity index (χ2n) is 11.5. The summed E-state index contributed by atoms with van der Waals surface area (Å²) < 4.78 is 11.9. The van der Waals surface area contributed by atoms with E-state index in [9.17, 15) is 9.59 Å². The van der Waals surface area contributed by atoms with E-state index >= 15 is 0 Å². The average Bonchev–Trinajstić information content (AvgIpc) is 3.06. The molecule has 1 saturated carbocycles. The summed E-state index contributed by atoms with van der Waals surface area (Å²) in [6.07, 6.45) is 6.52. The topological polar surface area (TPSA) is 76.7 Å². The van der Waals surface area contributed by atoms with Crippen LogP contribution in [0.3, 0.4) is 0 Å². The molecule has 0 bridgehead atoms. The molecule has 0 saturated heterocycles. The number of hydrogen-bond acceptors (Lipinski definition) is 4. The van der Waals surface area contributed by atoms with Crippen LogP contribution in [-0.4, -0.2) is 25.0 Å². The fraction of sp³-hybridized carbons (Fsp3) is 0.316. The Morgan fingerprint density at radius 2 is 0.955 bits per heavy atom. The van der Waals surface area contributed by atoms with Crippen LogP contribution in [0.2, 0.25) is 0 Å². The van der Waals surface area contributed by atoms with Crippen LogP contribution in [0.5, 0.6) is 11.5 Å². The lowest BCUT2D eigenvalue weighted by Gasteiger charge is -2.27. The van der Waals surface area contributed by atoms with E-state index in [0.29, 0.717) is 38.9 Å². The predicted molar refractivity (Wildman–Crippen MR) is 176 cm³/mol. The van der Waals surface area contributed by atoms with Crippen LogP contribution < -0.4 is 20.1 Å². The van der Waals surface area contributed by atoms with Crippen LogP contribution >= 0.6 is 0 Å². The molecule has 2 amide bonds. The van der Waals surface area contributed by atoms with Gasteiger partial charge >= 0.3 is 0 Å². The van der Waals surface area contributed by atoms with Gasteiger partial charge in [-0.1, -0.05) is 72.8 Å². The number of carbonyl (C=O) groups excluding carboxylic acids is 2. The number of rotatable bonds is 14. The van der Waals surface area contributed by atoms with Gasteiger partial charge in [0.1, 0.15) is 11.5 Å². The van der Waals surface area contributed by atoms with Crippen molar-refractivity contribution in [2.24, 2.45) is 11.8 Å². The largest absolute Gasteiger partial charge is 0.494 e. The minimum Gasteiger partial charge on any atom is -0.494 e. The summed E-state index contributed by atoms with van der Waals surface area (Å²) in [4.78, 5) is 26.0. The molecule has 0 radical (unpaired) electrons. The molecule has 0 spiro atoms. The van der Waals surface area contributed by atoms with Crippen LogP contribution in [-0.2, 0) is 22.4 Å². The molecule has 4 aromatic carbocycles. The number of carbonyl (C=O) groups is 2. The van der Waals surface area contributed by atoms with Gasteiger partial charge < -0.3 is 20.1 Å². The molecule has 1 aliphatic carbocycles. The van der Waals surface area contributed by atoms with Crippen molar-refractivity contribution in [3.8, 4) is 11.5 Å². The van der Waals surface area contributed by atoms with Gasteiger partial charge in [-0.05, 0) is 86.8 Å². The van der Waals surface area contributed by atoms with E-state index in [1.54, 1.807) is 0 Å². The Bertz CT molecular complexity index is 1350. The maximum absolute atomic E-state index is 13.0. The highest BCUT2D eigenvalue weighted by atomic mass is 16.5. The highest BCUT2D eigenvalue weighted by molar-refractivity contribution is 5.94. The summed E-state index contributed by atoms with van der Waals surface area (Å²) in [5.74, 6) is 1.28. The quantitative estimate of drug-likeness (QED) is 0.146. The predicted octanol–water partition coefficient (Wildman–Crippen LogP) is 8.09. The van der Waals surface area contributed by atoms with E-state index in [1.807, 2.05) is 60.7 Å².